The van der Waals surface area contributed by atoms with E-state index in [2.05, 4.69) is 15.0 Å². The molecule has 0 unspecified atom stereocenters. The van der Waals surface area contributed by atoms with E-state index in [1.54, 1.807) is 30.7 Å². The molecule has 108 valence electrons. The monoisotopic (exact) mass is 290 g/mol. The van der Waals surface area contributed by atoms with Crippen molar-refractivity contribution in [1.29, 1.82) is 0 Å². The minimum Gasteiger partial charge on any atom is -0.508 e. The van der Waals surface area contributed by atoms with E-state index in [1.807, 2.05) is 36.4 Å². The number of anilines is 1. The van der Waals surface area contributed by atoms with Gasteiger partial charge in [0.1, 0.15) is 11.6 Å². The van der Waals surface area contributed by atoms with Crippen LogP contribution in [0.25, 0.3) is 23.4 Å². The highest BCUT2D eigenvalue weighted by atomic mass is 16.3. The molecule has 0 aliphatic carbocycles. The molecule has 0 saturated heterocycles. The molecule has 0 amide bonds. The van der Waals surface area contributed by atoms with Gasteiger partial charge < -0.3 is 10.8 Å². The van der Waals surface area contributed by atoms with E-state index < -0.39 is 0 Å². The average molecular weight is 290 g/mol. The summed E-state index contributed by atoms with van der Waals surface area (Å²) in [4.78, 5) is 12.7. The third-order valence-corrected chi connectivity index (χ3v) is 3.13. The van der Waals surface area contributed by atoms with Crippen LogP contribution in [0.1, 0.15) is 11.3 Å². The molecule has 22 heavy (non-hydrogen) atoms. The molecule has 0 bridgehead atoms. The number of hydrogen-bond acceptors (Lipinski definition) is 5. The van der Waals surface area contributed by atoms with Crippen molar-refractivity contribution in [1.82, 2.24) is 15.0 Å². The van der Waals surface area contributed by atoms with Gasteiger partial charge in [0.05, 0.1) is 23.8 Å². The van der Waals surface area contributed by atoms with Crippen molar-refractivity contribution in [3.63, 3.8) is 0 Å². The Balaban J connectivity index is 1.80. The van der Waals surface area contributed by atoms with Crippen molar-refractivity contribution < 1.29 is 5.11 Å². The molecule has 0 atom stereocenters. The van der Waals surface area contributed by atoms with Crippen LogP contribution in [0.5, 0.6) is 5.75 Å². The van der Waals surface area contributed by atoms with E-state index in [1.165, 1.54) is 0 Å². The van der Waals surface area contributed by atoms with Crippen LogP contribution in [0, 0.1) is 0 Å². The molecule has 0 fully saturated rings. The predicted octanol–water partition coefficient (Wildman–Crippen LogP) is 3.00. The molecule has 2 aromatic heterocycles. The van der Waals surface area contributed by atoms with Gasteiger partial charge in [0.2, 0.25) is 0 Å². The number of aromatic nitrogens is 3. The first-order valence-electron chi connectivity index (χ1n) is 6.72. The van der Waals surface area contributed by atoms with Crippen molar-refractivity contribution in [3.05, 3.63) is 66.2 Å². The zero-order valence-electron chi connectivity index (χ0n) is 11.7. The number of aromatic hydroxyl groups is 1. The summed E-state index contributed by atoms with van der Waals surface area (Å²) in [5, 5.41) is 9.24. The van der Waals surface area contributed by atoms with Crippen molar-refractivity contribution in [3.8, 4) is 17.0 Å². The van der Waals surface area contributed by atoms with Crippen molar-refractivity contribution >= 4 is 18.0 Å². The smallest absolute Gasteiger partial charge is 0.132 e. The maximum absolute atomic E-state index is 9.24. The van der Waals surface area contributed by atoms with Crippen LogP contribution in [0.4, 0.5) is 5.82 Å². The molecule has 5 heteroatoms. The fourth-order valence-electron chi connectivity index (χ4n) is 1.96. The van der Waals surface area contributed by atoms with Gasteiger partial charge in [-0.15, -0.1) is 0 Å². The van der Waals surface area contributed by atoms with Gasteiger partial charge in [-0.2, -0.15) is 0 Å². The first-order chi connectivity index (χ1) is 10.7. The summed E-state index contributed by atoms with van der Waals surface area (Å²) in [5.74, 6) is 0.680. The van der Waals surface area contributed by atoms with Crippen LogP contribution in [-0.2, 0) is 0 Å². The number of hydrogen-bond donors (Lipinski definition) is 2. The van der Waals surface area contributed by atoms with Crippen LogP contribution in [0.15, 0.2) is 55.0 Å². The third kappa shape index (κ3) is 3.09. The fraction of sp³-hybridized carbons (Fsp3) is 0. The number of nitrogen functional groups attached to an aromatic ring is 1. The summed E-state index contributed by atoms with van der Waals surface area (Å²) in [6, 6.07) is 10.6. The molecule has 3 rings (SSSR count). The molecule has 5 nitrogen and oxygen atoms in total. The largest absolute Gasteiger partial charge is 0.508 e. The topological polar surface area (TPSA) is 84.9 Å². The maximum atomic E-state index is 9.24. The van der Waals surface area contributed by atoms with E-state index in [4.69, 9.17) is 5.73 Å². The van der Waals surface area contributed by atoms with Crippen molar-refractivity contribution in [2.24, 2.45) is 0 Å². The molecule has 2 heterocycles. The maximum Gasteiger partial charge on any atom is 0.132 e. The third-order valence-electron chi connectivity index (χ3n) is 3.13. The highest BCUT2D eigenvalue weighted by Gasteiger charge is 2.04. The second kappa shape index (κ2) is 6.05. The SMILES string of the molecule is Nc1ncccc1-c1cnc(C=Cc2ccc(O)cc2)cn1. The van der Waals surface area contributed by atoms with E-state index in [-0.39, 0.29) is 5.75 Å². The number of benzene rings is 1. The second-order valence-electron chi connectivity index (χ2n) is 4.69. The number of phenols is 1. The van der Waals surface area contributed by atoms with Gasteiger partial charge in [-0.05, 0) is 35.9 Å². The zero-order chi connectivity index (χ0) is 15.4. The second-order valence-corrected chi connectivity index (χ2v) is 4.69. The quantitative estimate of drug-likeness (QED) is 0.774. The van der Waals surface area contributed by atoms with Gasteiger partial charge in [0.25, 0.3) is 0 Å². The Morgan fingerprint density at radius 1 is 0.909 bits per heavy atom. The Labute approximate surface area is 127 Å². The Hall–Kier alpha value is -3.21. The zero-order valence-corrected chi connectivity index (χ0v) is 11.7. The molecule has 0 spiro atoms. The Kier molecular flexibility index (Phi) is 3.78. The minimum atomic E-state index is 0.246. The highest BCUT2D eigenvalue weighted by molar-refractivity contribution is 5.71. The highest BCUT2D eigenvalue weighted by Crippen LogP contribution is 2.20. The van der Waals surface area contributed by atoms with Crippen molar-refractivity contribution in [2.75, 3.05) is 5.73 Å². The Bertz CT molecular complexity index is 796. The van der Waals surface area contributed by atoms with E-state index >= 15 is 0 Å². The van der Waals surface area contributed by atoms with Gasteiger partial charge >= 0.3 is 0 Å². The normalized spacial score (nSPS) is 10.9. The summed E-state index contributed by atoms with van der Waals surface area (Å²) >= 11 is 0. The number of phenolic OH excluding ortho intramolecular Hbond substituents is 1. The Morgan fingerprint density at radius 3 is 2.41 bits per heavy atom. The lowest BCUT2D eigenvalue weighted by molar-refractivity contribution is 0.475. The average Bonchev–Trinajstić information content (AvgIpc) is 2.55. The lowest BCUT2D eigenvalue weighted by atomic mass is 10.2. The number of pyridine rings is 1. The van der Waals surface area contributed by atoms with Crippen LogP contribution < -0.4 is 5.73 Å². The molecule has 0 aliphatic heterocycles. The van der Waals surface area contributed by atoms with Crippen LogP contribution in [0.3, 0.4) is 0 Å². The number of nitrogens with two attached hydrogens (primary N) is 1. The molecular formula is C17H14N4O. The summed E-state index contributed by atoms with van der Waals surface area (Å²) in [5.41, 5.74) is 8.99. The summed E-state index contributed by atoms with van der Waals surface area (Å²) < 4.78 is 0. The van der Waals surface area contributed by atoms with Gasteiger partial charge in [-0.3, -0.25) is 9.97 Å². The number of rotatable bonds is 3. The molecule has 3 N–H and O–H groups in total. The minimum absolute atomic E-state index is 0.246. The van der Waals surface area contributed by atoms with E-state index in [9.17, 15) is 5.11 Å². The first-order valence-corrected chi connectivity index (χ1v) is 6.72. The number of nitrogens with zero attached hydrogens (tertiary/aromatic N) is 3. The summed E-state index contributed by atoms with van der Waals surface area (Å²) in [6.07, 6.45) is 8.75. The molecule has 0 aliphatic rings. The lowest BCUT2D eigenvalue weighted by Gasteiger charge is -2.03. The first kappa shape index (κ1) is 13.8. The molecular weight excluding hydrogens is 276 g/mol. The van der Waals surface area contributed by atoms with E-state index in [0.717, 1.165) is 16.8 Å². The van der Waals surface area contributed by atoms with Crippen LogP contribution in [0.2, 0.25) is 0 Å². The van der Waals surface area contributed by atoms with Gasteiger partial charge in [0.15, 0.2) is 0 Å². The van der Waals surface area contributed by atoms with Crippen molar-refractivity contribution in [2.45, 2.75) is 0 Å². The fourth-order valence-corrected chi connectivity index (χ4v) is 1.96. The Morgan fingerprint density at radius 2 is 1.73 bits per heavy atom. The molecule has 1 aromatic carbocycles. The molecule has 3 aromatic rings. The van der Waals surface area contributed by atoms with Gasteiger partial charge in [0, 0.05) is 11.8 Å². The molecule has 0 radical (unpaired) electrons. The summed E-state index contributed by atoms with van der Waals surface area (Å²) in [6.45, 7) is 0. The predicted molar refractivity (Wildman–Crippen MR) is 86.7 cm³/mol. The van der Waals surface area contributed by atoms with Gasteiger partial charge in [-0.25, -0.2) is 4.98 Å². The van der Waals surface area contributed by atoms with E-state index in [0.29, 0.717) is 11.5 Å². The van der Waals surface area contributed by atoms with Gasteiger partial charge in [-0.1, -0.05) is 18.2 Å². The summed E-state index contributed by atoms with van der Waals surface area (Å²) in [7, 11) is 0. The molecule has 0 saturated carbocycles. The standard InChI is InChI=1S/C17H14N4O/c18-17-15(2-1-9-19-17)16-11-20-13(10-21-16)6-3-12-4-7-14(22)8-5-12/h1-11,22H,(H2,18,19). The van der Waals surface area contributed by atoms with Crippen LogP contribution in [-0.4, -0.2) is 20.1 Å². The lowest BCUT2D eigenvalue weighted by Crippen LogP contribution is -1.95. The van der Waals surface area contributed by atoms with Crippen LogP contribution >= 0.6 is 0 Å².